The van der Waals surface area contributed by atoms with Crippen molar-refractivity contribution in [3.8, 4) is 0 Å². The fraction of sp³-hybridized carbons (Fsp3) is 0.333. The lowest BCUT2D eigenvalue weighted by atomic mass is 10.1. The first-order valence-corrected chi connectivity index (χ1v) is 7.57. The van der Waals surface area contributed by atoms with Gasteiger partial charge in [-0.2, -0.15) is 0 Å². The highest BCUT2D eigenvalue weighted by Crippen LogP contribution is 2.35. The molecule has 1 aromatic heterocycles. The number of halogens is 2. The Morgan fingerprint density at radius 1 is 1.37 bits per heavy atom. The van der Waals surface area contributed by atoms with E-state index in [0.717, 1.165) is 17.7 Å². The fourth-order valence-corrected chi connectivity index (χ4v) is 3.98. The standard InChI is InChI=1S/C15H14ClFOS/c16-15-10(4-1-5-11(15)17)7-12(18)14-8-9-3-2-6-13(9)19-14/h1,4-5,8,12,18H,2-3,6-7H2. The van der Waals surface area contributed by atoms with Gasteiger partial charge in [0.25, 0.3) is 0 Å². The van der Waals surface area contributed by atoms with Crippen molar-refractivity contribution in [1.29, 1.82) is 0 Å². The van der Waals surface area contributed by atoms with Crippen molar-refractivity contribution in [2.24, 2.45) is 0 Å². The summed E-state index contributed by atoms with van der Waals surface area (Å²) in [6, 6.07) is 6.80. The average Bonchev–Trinajstić information content (AvgIpc) is 2.95. The Morgan fingerprint density at radius 3 is 3.00 bits per heavy atom. The Morgan fingerprint density at radius 2 is 2.21 bits per heavy atom. The van der Waals surface area contributed by atoms with Gasteiger partial charge >= 0.3 is 0 Å². The number of hydrogen-bond acceptors (Lipinski definition) is 2. The highest BCUT2D eigenvalue weighted by molar-refractivity contribution is 7.12. The minimum atomic E-state index is -0.602. The molecule has 2 aromatic rings. The van der Waals surface area contributed by atoms with Gasteiger partial charge in [-0.3, -0.25) is 0 Å². The van der Waals surface area contributed by atoms with Gasteiger partial charge in [0, 0.05) is 16.2 Å². The van der Waals surface area contributed by atoms with Crippen LogP contribution in [0, 0.1) is 5.82 Å². The molecule has 1 nitrogen and oxygen atoms in total. The quantitative estimate of drug-likeness (QED) is 0.895. The number of hydrogen-bond donors (Lipinski definition) is 1. The lowest BCUT2D eigenvalue weighted by molar-refractivity contribution is 0.182. The second kappa shape index (κ2) is 5.23. The van der Waals surface area contributed by atoms with Crippen molar-refractivity contribution in [1.82, 2.24) is 0 Å². The number of benzene rings is 1. The van der Waals surface area contributed by atoms with Crippen LogP contribution in [-0.4, -0.2) is 5.11 Å². The third-order valence-corrected chi connectivity index (χ3v) is 5.30. The van der Waals surface area contributed by atoms with E-state index in [-0.39, 0.29) is 5.02 Å². The van der Waals surface area contributed by atoms with Crippen LogP contribution in [0.1, 0.15) is 33.4 Å². The molecule has 1 aliphatic carbocycles. The van der Waals surface area contributed by atoms with E-state index in [1.54, 1.807) is 23.5 Å². The molecule has 3 rings (SSSR count). The first-order chi connectivity index (χ1) is 9.15. The topological polar surface area (TPSA) is 20.2 Å². The van der Waals surface area contributed by atoms with E-state index in [1.807, 2.05) is 0 Å². The van der Waals surface area contributed by atoms with E-state index < -0.39 is 11.9 Å². The van der Waals surface area contributed by atoms with Crippen molar-refractivity contribution >= 4 is 22.9 Å². The van der Waals surface area contributed by atoms with Crippen LogP contribution >= 0.6 is 22.9 Å². The second-order valence-corrected chi connectivity index (χ2v) is 6.43. The summed E-state index contributed by atoms with van der Waals surface area (Å²) < 4.78 is 13.4. The van der Waals surface area contributed by atoms with E-state index in [9.17, 15) is 9.50 Å². The average molecular weight is 297 g/mol. The molecular weight excluding hydrogens is 283 g/mol. The molecule has 0 bridgehead atoms. The molecule has 0 spiro atoms. The van der Waals surface area contributed by atoms with E-state index in [0.29, 0.717) is 12.0 Å². The normalized spacial score (nSPS) is 15.5. The number of aryl methyl sites for hydroxylation is 2. The molecule has 4 heteroatoms. The van der Waals surface area contributed by atoms with Gasteiger partial charge in [-0.1, -0.05) is 23.7 Å². The SMILES string of the molecule is OC(Cc1cccc(F)c1Cl)c1cc2c(s1)CCC2. The summed E-state index contributed by atoms with van der Waals surface area (Å²) in [5.74, 6) is -0.431. The zero-order valence-electron chi connectivity index (χ0n) is 10.3. The van der Waals surface area contributed by atoms with Crippen LogP contribution in [0.15, 0.2) is 24.3 Å². The van der Waals surface area contributed by atoms with Crippen molar-refractivity contribution < 1.29 is 9.50 Å². The number of thiophene rings is 1. The minimum absolute atomic E-state index is 0.116. The van der Waals surface area contributed by atoms with Crippen LogP contribution in [0.25, 0.3) is 0 Å². The number of aliphatic hydroxyl groups is 1. The predicted octanol–water partition coefficient (Wildman–Crippen LogP) is 4.31. The summed E-state index contributed by atoms with van der Waals surface area (Å²) in [6.45, 7) is 0. The molecule has 0 aliphatic heterocycles. The van der Waals surface area contributed by atoms with Crippen LogP contribution in [-0.2, 0) is 19.3 Å². The maximum Gasteiger partial charge on any atom is 0.142 e. The lowest BCUT2D eigenvalue weighted by Gasteiger charge is -2.10. The van der Waals surface area contributed by atoms with Crippen molar-refractivity contribution in [3.63, 3.8) is 0 Å². The van der Waals surface area contributed by atoms with Crippen molar-refractivity contribution in [2.75, 3.05) is 0 Å². The molecule has 0 saturated heterocycles. The Labute approximate surface area is 120 Å². The zero-order valence-corrected chi connectivity index (χ0v) is 11.9. The monoisotopic (exact) mass is 296 g/mol. The number of aliphatic hydroxyl groups excluding tert-OH is 1. The summed E-state index contributed by atoms with van der Waals surface area (Å²) in [7, 11) is 0. The van der Waals surface area contributed by atoms with E-state index in [4.69, 9.17) is 11.6 Å². The summed E-state index contributed by atoms with van der Waals surface area (Å²) in [5, 5.41) is 10.4. The van der Waals surface area contributed by atoms with Crippen LogP contribution in [0.2, 0.25) is 5.02 Å². The Bertz CT molecular complexity index is 587. The van der Waals surface area contributed by atoms with Gasteiger partial charge in [0.15, 0.2) is 0 Å². The Balaban J connectivity index is 1.80. The summed E-state index contributed by atoms with van der Waals surface area (Å²) >= 11 is 7.59. The molecule has 100 valence electrons. The highest BCUT2D eigenvalue weighted by Gasteiger charge is 2.20. The highest BCUT2D eigenvalue weighted by atomic mass is 35.5. The molecule has 1 aliphatic rings. The van der Waals surface area contributed by atoms with Crippen molar-refractivity contribution in [3.05, 3.63) is 56.0 Å². The van der Waals surface area contributed by atoms with Gasteiger partial charge in [-0.05, 0) is 42.5 Å². The number of rotatable bonds is 3. The van der Waals surface area contributed by atoms with E-state index in [1.165, 1.54) is 22.9 Å². The molecule has 0 saturated carbocycles. The van der Waals surface area contributed by atoms with Gasteiger partial charge < -0.3 is 5.11 Å². The molecular formula is C15H14ClFOS. The fourth-order valence-electron chi connectivity index (χ4n) is 2.53. The number of fused-ring (bicyclic) bond motifs is 1. The molecule has 0 radical (unpaired) electrons. The van der Waals surface area contributed by atoms with Gasteiger partial charge in [0.1, 0.15) is 5.82 Å². The van der Waals surface area contributed by atoms with Gasteiger partial charge in [-0.15, -0.1) is 11.3 Å². The minimum Gasteiger partial charge on any atom is -0.387 e. The summed E-state index contributed by atoms with van der Waals surface area (Å²) in [4.78, 5) is 2.35. The first-order valence-electron chi connectivity index (χ1n) is 6.37. The maximum atomic E-state index is 13.4. The summed E-state index contributed by atoms with van der Waals surface area (Å²) in [6.07, 6.45) is 3.20. The molecule has 1 atom stereocenters. The third-order valence-electron chi connectivity index (χ3n) is 3.54. The molecule has 19 heavy (non-hydrogen) atoms. The van der Waals surface area contributed by atoms with Gasteiger partial charge in [0.2, 0.25) is 0 Å². The van der Waals surface area contributed by atoms with Gasteiger partial charge in [0.05, 0.1) is 11.1 Å². The van der Waals surface area contributed by atoms with Crippen LogP contribution < -0.4 is 0 Å². The van der Waals surface area contributed by atoms with Crippen LogP contribution in [0.5, 0.6) is 0 Å². The molecule has 1 heterocycles. The lowest BCUT2D eigenvalue weighted by Crippen LogP contribution is -2.01. The van der Waals surface area contributed by atoms with Gasteiger partial charge in [-0.25, -0.2) is 4.39 Å². The zero-order chi connectivity index (χ0) is 13.4. The Hall–Kier alpha value is -0.900. The molecule has 1 unspecified atom stereocenters. The smallest absolute Gasteiger partial charge is 0.142 e. The summed E-state index contributed by atoms with van der Waals surface area (Å²) in [5.41, 5.74) is 2.02. The molecule has 0 amide bonds. The van der Waals surface area contributed by atoms with Crippen LogP contribution in [0.4, 0.5) is 4.39 Å². The molecule has 1 N–H and O–H groups in total. The third kappa shape index (κ3) is 2.55. The van der Waals surface area contributed by atoms with Crippen LogP contribution in [0.3, 0.4) is 0 Å². The first kappa shape index (κ1) is 13.1. The van der Waals surface area contributed by atoms with E-state index in [2.05, 4.69) is 6.07 Å². The molecule has 1 aromatic carbocycles. The largest absolute Gasteiger partial charge is 0.387 e. The molecule has 0 fully saturated rings. The Kier molecular flexibility index (Phi) is 3.61. The second-order valence-electron chi connectivity index (χ2n) is 4.88. The maximum absolute atomic E-state index is 13.4. The predicted molar refractivity (Wildman–Crippen MR) is 76.4 cm³/mol. The van der Waals surface area contributed by atoms with E-state index >= 15 is 0 Å². The van der Waals surface area contributed by atoms with Crippen molar-refractivity contribution in [2.45, 2.75) is 31.8 Å².